The molecule has 3 atom stereocenters. The van der Waals surface area contributed by atoms with Gasteiger partial charge in [-0.2, -0.15) is 0 Å². The molecule has 2 aromatic carbocycles. The molecule has 8 heteroatoms. The molecule has 1 fully saturated rings. The highest BCUT2D eigenvalue weighted by atomic mass is 16.5. The molecule has 0 saturated heterocycles. The van der Waals surface area contributed by atoms with Crippen molar-refractivity contribution in [1.82, 2.24) is 15.2 Å². The minimum Gasteiger partial charge on any atom is -0.497 e. The van der Waals surface area contributed by atoms with Gasteiger partial charge in [-0.05, 0) is 49.2 Å². The first-order valence-electron chi connectivity index (χ1n) is 12.2. The average molecular weight is 478 g/mol. The lowest BCUT2D eigenvalue weighted by Gasteiger charge is -2.32. The Kier molecular flexibility index (Phi) is 7.92. The van der Waals surface area contributed by atoms with Crippen molar-refractivity contribution in [3.63, 3.8) is 0 Å². The number of nitrogens with one attached hydrogen (secondary N) is 3. The standard InChI is InChI=1S/C27H35N5O3/c1-32-24-10-6-3-7-18(24)15-25(32)27(34)31-23-9-5-4-8-22(23)26(33)30-20(16-28)17-29-19-11-13-21(35-2)14-12-19/h3,6-7,10-15,20,22-23,29H,4-5,8-9,16-17,28H2,1-2H3,(H,30,33)(H,31,34)/t20?,22-,23+/m1/s1. The summed E-state index contributed by atoms with van der Waals surface area (Å²) in [7, 11) is 3.52. The summed E-state index contributed by atoms with van der Waals surface area (Å²) in [6.45, 7) is 0.822. The number of aryl methyl sites for hydroxylation is 1. The molecule has 1 unspecified atom stereocenters. The van der Waals surface area contributed by atoms with Crippen LogP contribution in [0, 0.1) is 5.92 Å². The Labute approximate surface area is 206 Å². The number of anilines is 1. The molecular formula is C27H35N5O3. The van der Waals surface area contributed by atoms with Crippen LogP contribution in [-0.4, -0.2) is 48.7 Å². The van der Waals surface area contributed by atoms with Crippen LogP contribution in [0.25, 0.3) is 10.9 Å². The second-order valence-corrected chi connectivity index (χ2v) is 9.17. The number of ether oxygens (including phenoxy) is 1. The molecule has 4 rings (SSSR count). The van der Waals surface area contributed by atoms with Crippen molar-refractivity contribution in [3.8, 4) is 5.75 Å². The van der Waals surface area contributed by atoms with Crippen LogP contribution in [0.2, 0.25) is 0 Å². The highest BCUT2D eigenvalue weighted by Gasteiger charge is 2.33. The first-order chi connectivity index (χ1) is 17.0. The van der Waals surface area contributed by atoms with E-state index in [9.17, 15) is 9.59 Å². The smallest absolute Gasteiger partial charge is 0.268 e. The molecule has 1 aromatic heterocycles. The summed E-state index contributed by atoms with van der Waals surface area (Å²) in [5.41, 5.74) is 8.49. The minimum absolute atomic E-state index is 0.0565. The zero-order valence-corrected chi connectivity index (χ0v) is 20.4. The van der Waals surface area contributed by atoms with E-state index >= 15 is 0 Å². The number of nitrogens with zero attached hydrogens (tertiary/aromatic N) is 1. The first-order valence-corrected chi connectivity index (χ1v) is 12.2. The summed E-state index contributed by atoms with van der Waals surface area (Å²) in [5.74, 6) is 0.300. The Bertz CT molecular complexity index is 1160. The number of carbonyl (C=O) groups is 2. The lowest BCUT2D eigenvalue weighted by molar-refractivity contribution is -0.127. The molecule has 186 valence electrons. The van der Waals surface area contributed by atoms with Crippen LogP contribution in [0.3, 0.4) is 0 Å². The van der Waals surface area contributed by atoms with Gasteiger partial charge >= 0.3 is 0 Å². The van der Waals surface area contributed by atoms with E-state index in [-0.39, 0.29) is 29.8 Å². The van der Waals surface area contributed by atoms with E-state index in [0.717, 1.165) is 48.0 Å². The molecule has 5 N–H and O–H groups in total. The molecular weight excluding hydrogens is 442 g/mol. The van der Waals surface area contributed by atoms with Gasteiger partial charge < -0.3 is 31.0 Å². The summed E-state index contributed by atoms with van der Waals surface area (Å²) in [4.78, 5) is 26.4. The predicted octanol–water partition coefficient (Wildman–Crippen LogP) is 3.03. The quantitative estimate of drug-likeness (QED) is 0.379. The first kappa shape index (κ1) is 24.6. The van der Waals surface area contributed by atoms with Crippen LogP contribution in [-0.2, 0) is 11.8 Å². The topological polar surface area (TPSA) is 110 Å². The molecule has 8 nitrogen and oxygen atoms in total. The van der Waals surface area contributed by atoms with Gasteiger partial charge in [0.1, 0.15) is 11.4 Å². The van der Waals surface area contributed by atoms with E-state index in [2.05, 4.69) is 16.0 Å². The highest BCUT2D eigenvalue weighted by molar-refractivity contribution is 5.99. The van der Waals surface area contributed by atoms with Gasteiger partial charge in [0.2, 0.25) is 5.91 Å². The molecule has 3 aromatic rings. The number of amides is 2. The van der Waals surface area contributed by atoms with Crippen molar-refractivity contribution in [1.29, 1.82) is 0 Å². The fraction of sp³-hybridized carbons (Fsp3) is 0.407. The third-order valence-corrected chi connectivity index (χ3v) is 6.88. The summed E-state index contributed by atoms with van der Waals surface area (Å²) in [5, 5.41) is 10.6. The SMILES string of the molecule is COc1ccc(NCC(CN)NC(=O)[C@@H]2CCCC[C@@H]2NC(=O)c2cc3ccccc3n2C)cc1. The lowest BCUT2D eigenvalue weighted by Crippen LogP contribution is -2.53. The third-order valence-electron chi connectivity index (χ3n) is 6.88. The van der Waals surface area contributed by atoms with Crippen LogP contribution < -0.4 is 26.4 Å². The van der Waals surface area contributed by atoms with Crippen molar-refractivity contribution >= 4 is 28.4 Å². The summed E-state index contributed by atoms with van der Waals surface area (Å²) in [6.07, 6.45) is 3.49. The summed E-state index contributed by atoms with van der Waals surface area (Å²) < 4.78 is 7.09. The van der Waals surface area contributed by atoms with Crippen LogP contribution in [0.5, 0.6) is 5.75 Å². The number of para-hydroxylation sites is 1. The molecule has 1 saturated carbocycles. The normalized spacial score (nSPS) is 18.6. The molecule has 35 heavy (non-hydrogen) atoms. The Balaban J connectivity index is 1.37. The summed E-state index contributed by atoms with van der Waals surface area (Å²) >= 11 is 0. The molecule has 0 aliphatic heterocycles. The number of methoxy groups -OCH3 is 1. The Hall–Kier alpha value is -3.52. The molecule has 1 heterocycles. The van der Waals surface area contributed by atoms with Gasteiger partial charge in [0, 0.05) is 42.8 Å². The van der Waals surface area contributed by atoms with Gasteiger partial charge in [0.25, 0.3) is 5.91 Å². The van der Waals surface area contributed by atoms with Gasteiger partial charge in [-0.25, -0.2) is 0 Å². The molecule has 2 amide bonds. The van der Waals surface area contributed by atoms with Crippen molar-refractivity contribution in [2.24, 2.45) is 18.7 Å². The van der Waals surface area contributed by atoms with E-state index in [1.54, 1.807) is 7.11 Å². The average Bonchev–Trinajstić information content (AvgIpc) is 3.23. The zero-order chi connectivity index (χ0) is 24.8. The third kappa shape index (κ3) is 5.77. The fourth-order valence-corrected chi connectivity index (χ4v) is 4.82. The highest BCUT2D eigenvalue weighted by Crippen LogP contribution is 2.26. The minimum atomic E-state index is -0.280. The van der Waals surface area contributed by atoms with Crippen molar-refractivity contribution in [2.75, 3.05) is 25.5 Å². The van der Waals surface area contributed by atoms with Crippen LogP contribution in [0.4, 0.5) is 5.69 Å². The monoisotopic (exact) mass is 477 g/mol. The number of aromatic nitrogens is 1. The number of fused-ring (bicyclic) bond motifs is 1. The van der Waals surface area contributed by atoms with Crippen LogP contribution >= 0.6 is 0 Å². The number of hydrogen-bond acceptors (Lipinski definition) is 5. The number of hydrogen-bond donors (Lipinski definition) is 4. The number of benzene rings is 2. The number of nitrogens with two attached hydrogens (primary N) is 1. The van der Waals surface area contributed by atoms with Crippen molar-refractivity contribution < 1.29 is 14.3 Å². The molecule has 0 bridgehead atoms. The maximum atomic E-state index is 13.2. The molecule has 1 aliphatic carbocycles. The van der Waals surface area contributed by atoms with E-state index in [4.69, 9.17) is 10.5 Å². The van der Waals surface area contributed by atoms with Gasteiger partial charge in [0.05, 0.1) is 19.1 Å². The van der Waals surface area contributed by atoms with E-state index in [0.29, 0.717) is 18.8 Å². The maximum absolute atomic E-state index is 13.2. The zero-order valence-electron chi connectivity index (χ0n) is 20.4. The Morgan fingerprint density at radius 2 is 1.86 bits per heavy atom. The lowest BCUT2D eigenvalue weighted by atomic mass is 9.83. The predicted molar refractivity (Wildman–Crippen MR) is 139 cm³/mol. The second kappa shape index (κ2) is 11.3. The van der Waals surface area contributed by atoms with Crippen molar-refractivity contribution in [2.45, 2.75) is 37.8 Å². The fourth-order valence-electron chi connectivity index (χ4n) is 4.82. The molecule has 0 spiro atoms. The van der Waals surface area contributed by atoms with Gasteiger partial charge in [-0.3, -0.25) is 9.59 Å². The van der Waals surface area contributed by atoms with E-state index in [1.165, 1.54) is 0 Å². The van der Waals surface area contributed by atoms with Gasteiger partial charge in [-0.15, -0.1) is 0 Å². The Morgan fingerprint density at radius 1 is 1.11 bits per heavy atom. The summed E-state index contributed by atoms with van der Waals surface area (Å²) in [6, 6.07) is 17.0. The second-order valence-electron chi connectivity index (χ2n) is 9.17. The van der Waals surface area contributed by atoms with Crippen LogP contribution in [0.15, 0.2) is 54.6 Å². The number of rotatable bonds is 9. The van der Waals surface area contributed by atoms with Gasteiger partial charge in [-0.1, -0.05) is 31.0 Å². The number of carbonyl (C=O) groups excluding carboxylic acids is 2. The van der Waals surface area contributed by atoms with Crippen LogP contribution in [0.1, 0.15) is 36.2 Å². The molecule has 0 radical (unpaired) electrons. The maximum Gasteiger partial charge on any atom is 0.268 e. The Morgan fingerprint density at radius 3 is 2.57 bits per heavy atom. The van der Waals surface area contributed by atoms with E-state index < -0.39 is 0 Å². The van der Waals surface area contributed by atoms with Gasteiger partial charge in [0.15, 0.2) is 0 Å². The largest absolute Gasteiger partial charge is 0.497 e. The van der Waals surface area contributed by atoms with Crippen molar-refractivity contribution in [3.05, 3.63) is 60.3 Å². The van der Waals surface area contributed by atoms with E-state index in [1.807, 2.05) is 66.2 Å². The molecule has 1 aliphatic rings.